The van der Waals surface area contributed by atoms with Crippen molar-refractivity contribution in [3.63, 3.8) is 0 Å². The Labute approximate surface area is 101 Å². The lowest BCUT2D eigenvalue weighted by atomic mass is 10.1. The summed E-state index contributed by atoms with van der Waals surface area (Å²) in [5, 5.41) is 8.82. The quantitative estimate of drug-likeness (QED) is 0.757. The Morgan fingerprint density at radius 2 is 1.88 bits per heavy atom. The molecule has 1 atom stereocenters. The van der Waals surface area contributed by atoms with E-state index >= 15 is 0 Å². The van der Waals surface area contributed by atoms with E-state index in [4.69, 9.17) is 5.11 Å². The summed E-state index contributed by atoms with van der Waals surface area (Å²) in [6, 6.07) is 0. The van der Waals surface area contributed by atoms with Gasteiger partial charge in [0, 0.05) is 19.3 Å². The predicted octanol–water partition coefficient (Wildman–Crippen LogP) is -0.257. The van der Waals surface area contributed by atoms with Crippen LogP contribution in [-0.4, -0.2) is 54.4 Å². The van der Waals surface area contributed by atoms with Crippen LogP contribution in [-0.2, 0) is 19.4 Å². The molecule has 0 saturated carbocycles. The summed E-state index contributed by atoms with van der Waals surface area (Å²) in [6.45, 7) is 3.08. The van der Waals surface area contributed by atoms with E-state index in [1.807, 2.05) is 0 Å². The zero-order valence-corrected chi connectivity index (χ0v) is 11.0. The number of carbonyl (C=O) groups excluding carboxylic acids is 1. The zero-order chi connectivity index (χ0) is 13.4. The second-order valence-corrected chi connectivity index (χ2v) is 7.42. The molecule has 98 valence electrons. The average Bonchev–Trinajstić information content (AvgIpc) is 2.63. The van der Waals surface area contributed by atoms with E-state index in [0.717, 1.165) is 6.26 Å². The van der Waals surface area contributed by atoms with Gasteiger partial charge in [-0.2, -0.15) is 0 Å². The number of carbonyl (C=O) groups is 2. The Morgan fingerprint density at radius 3 is 2.24 bits per heavy atom. The number of carboxylic acid groups (broad SMARTS) is 1. The molecule has 1 amide bonds. The van der Waals surface area contributed by atoms with Crippen LogP contribution in [0.25, 0.3) is 0 Å². The molecule has 0 aromatic rings. The molecule has 6 nitrogen and oxygen atoms in total. The van der Waals surface area contributed by atoms with Crippen molar-refractivity contribution in [3.8, 4) is 0 Å². The van der Waals surface area contributed by atoms with E-state index in [1.54, 1.807) is 0 Å². The molecule has 1 saturated heterocycles. The molecule has 1 unspecified atom stereocenters. The molecule has 1 fully saturated rings. The standard InChI is InChI=1S/C10H17NO5S/c1-10(2,17(3,15)16)9(14)11-5-4-7(6-11)8(12)13/h7H,4-6H2,1-3H3,(H,12,13). The molecule has 1 N–H and O–H groups in total. The van der Waals surface area contributed by atoms with E-state index in [-0.39, 0.29) is 6.54 Å². The predicted molar refractivity (Wildman–Crippen MR) is 61.2 cm³/mol. The lowest BCUT2D eigenvalue weighted by molar-refractivity contribution is -0.141. The normalized spacial score (nSPS) is 21.6. The van der Waals surface area contributed by atoms with Crippen molar-refractivity contribution in [1.29, 1.82) is 0 Å². The van der Waals surface area contributed by atoms with Gasteiger partial charge in [-0.3, -0.25) is 9.59 Å². The SMILES string of the molecule is CC(C)(C(=O)N1CCC(C(=O)O)C1)S(C)(=O)=O. The molecular formula is C10H17NO5S. The number of likely N-dealkylation sites (tertiary alicyclic amines) is 1. The van der Waals surface area contributed by atoms with Crippen molar-refractivity contribution >= 4 is 21.7 Å². The first-order chi connectivity index (χ1) is 7.57. The molecule has 7 heteroatoms. The second kappa shape index (κ2) is 4.29. The Morgan fingerprint density at radius 1 is 1.35 bits per heavy atom. The van der Waals surface area contributed by atoms with Gasteiger partial charge in [0.15, 0.2) is 9.84 Å². The van der Waals surface area contributed by atoms with Crippen LogP contribution >= 0.6 is 0 Å². The Kier molecular flexibility index (Phi) is 3.52. The molecule has 0 aromatic heterocycles. The topological polar surface area (TPSA) is 91.8 Å². The van der Waals surface area contributed by atoms with E-state index in [2.05, 4.69) is 0 Å². The van der Waals surface area contributed by atoms with Gasteiger partial charge in [-0.05, 0) is 20.3 Å². The third-order valence-corrected chi connectivity index (χ3v) is 5.30. The third kappa shape index (κ3) is 2.59. The summed E-state index contributed by atoms with van der Waals surface area (Å²) in [7, 11) is -3.52. The van der Waals surface area contributed by atoms with Crippen LogP contribution in [0.1, 0.15) is 20.3 Å². The first-order valence-electron chi connectivity index (χ1n) is 5.29. The van der Waals surface area contributed by atoms with Gasteiger partial charge in [0.05, 0.1) is 5.92 Å². The van der Waals surface area contributed by atoms with Crippen molar-refractivity contribution in [2.24, 2.45) is 5.92 Å². The van der Waals surface area contributed by atoms with Crippen molar-refractivity contribution in [2.45, 2.75) is 25.0 Å². The Hall–Kier alpha value is -1.11. The van der Waals surface area contributed by atoms with Gasteiger partial charge in [0.2, 0.25) is 5.91 Å². The second-order valence-electron chi connectivity index (χ2n) is 4.86. The lowest BCUT2D eigenvalue weighted by Crippen LogP contribution is -2.49. The lowest BCUT2D eigenvalue weighted by Gasteiger charge is -2.27. The molecule has 0 spiro atoms. The maximum absolute atomic E-state index is 12.0. The first-order valence-corrected chi connectivity index (χ1v) is 7.18. The summed E-state index contributed by atoms with van der Waals surface area (Å²) >= 11 is 0. The number of hydrogen-bond donors (Lipinski definition) is 1. The molecule has 0 aliphatic carbocycles. The monoisotopic (exact) mass is 263 g/mol. The van der Waals surface area contributed by atoms with Crippen LogP contribution in [0.15, 0.2) is 0 Å². The highest BCUT2D eigenvalue weighted by Crippen LogP contribution is 2.24. The molecule has 1 heterocycles. The summed E-state index contributed by atoms with van der Waals surface area (Å²) in [5.74, 6) is -2.06. The van der Waals surface area contributed by atoms with Crippen LogP contribution in [0.5, 0.6) is 0 Å². The largest absolute Gasteiger partial charge is 0.481 e. The average molecular weight is 263 g/mol. The highest BCUT2D eigenvalue weighted by molar-refractivity contribution is 7.92. The summed E-state index contributed by atoms with van der Waals surface area (Å²) in [4.78, 5) is 24.1. The molecule has 0 aromatic carbocycles. The van der Waals surface area contributed by atoms with Crippen molar-refractivity contribution in [3.05, 3.63) is 0 Å². The molecule has 1 aliphatic rings. The van der Waals surface area contributed by atoms with E-state index in [9.17, 15) is 18.0 Å². The molecule has 0 bridgehead atoms. The van der Waals surface area contributed by atoms with Gasteiger partial charge in [-0.25, -0.2) is 8.42 Å². The van der Waals surface area contributed by atoms with Gasteiger partial charge in [-0.1, -0.05) is 0 Å². The molecule has 17 heavy (non-hydrogen) atoms. The number of hydrogen-bond acceptors (Lipinski definition) is 4. The smallest absolute Gasteiger partial charge is 0.308 e. The van der Waals surface area contributed by atoms with Crippen molar-refractivity contribution in [1.82, 2.24) is 4.90 Å². The fraction of sp³-hybridized carbons (Fsp3) is 0.800. The third-order valence-electron chi connectivity index (χ3n) is 3.27. The minimum atomic E-state index is -3.52. The van der Waals surface area contributed by atoms with Gasteiger partial charge in [-0.15, -0.1) is 0 Å². The summed E-state index contributed by atoms with van der Waals surface area (Å²) in [6.07, 6.45) is 1.39. The number of amides is 1. The molecule has 1 aliphatic heterocycles. The number of aliphatic carboxylic acids is 1. The Bertz CT molecular complexity index is 440. The number of carboxylic acids is 1. The highest BCUT2D eigenvalue weighted by atomic mass is 32.2. The van der Waals surface area contributed by atoms with Gasteiger partial charge >= 0.3 is 5.97 Å². The highest BCUT2D eigenvalue weighted by Gasteiger charge is 2.44. The van der Waals surface area contributed by atoms with Crippen molar-refractivity contribution < 1.29 is 23.1 Å². The first kappa shape index (κ1) is 14.0. The Balaban J connectivity index is 2.84. The molecule has 1 rings (SSSR count). The fourth-order valence-corrected chi connectivity index (χ4v) is 2.13. The minimum Gasteiger partial charge on any atom is -0.481 e. The number of sulfone groups is 1. The zero-order valence-electron chi connectivity index (χ0n) is 10.1. The van der Waals surface area contributed by atoms with Crippen LogP contribution in [0.2, 0.25) is 0 Å². The van der Waals surface area contributed by atoms with E-state index in [0.29, 0.717) is 13.0 Å². The van der Waals surface area contributed by atoms with Crippen LogP contribution in [0.3, 0.4) is 0 Å². The van der Waals surface area contributed by atoms with Gasteiger partial charge < -0.3 is 10.0 Å². The van der Waals surface area contributed by atoms with Gasteiger partial charge in [0.1, 0.15) is 4.75 Å². The number of rotatable bonds is 3. The molecule has 0 radical (unpaired) electrons. The maximum Gasteiger partial charge on any atom is 0.308 e. The number of nitrogens with zero attached hydrogens (tertiary/aromatic N) is 1. The van der Waals surface area contributed by atoms with Crippen LogP contribution in [0, 0.1) is 5.92 Å². The van der Waals surface area contributed by atoms with Gasteiger partial charge in [0.25, 0.3) is 0 Å². The summed E-state index contributed by atoms with van der Waals surface area (Å²) in [5.41, 5.74) is 0. The van der Waals surface area contributed by atoms with E-state index < -0.39 is 32.4 Å². The maximum atomic E-state index is 12.0. The minimum absolute atomic E-state index is 0.0904. The van der Waals surface area contributed by atoms with E-state index in [1.165, 1.54) is 18.7 Å². The van der Waals surface area contributed by atoms with Crippen LogP contribution < -0.4 is 0 Å². The fourth-order valence-electron chi connectivity index (χ4n) is 1.69. The molecular weight excluding hydrogens is 246 g/mol. The van der Waals surface area contributed by atoms with Crippen molar-refractivity contribution in [2.75, 3.05) is 19.3 Å². The summed E-state index contributed by atoms with van der Waals surface area (Å²) < 4.78 is 21.5. The van der Waals surface area contributed by atoms with Crippen LogP contribution in [0.4, 0.5) is 0 Å².